The number of hydrogen-bond donors (Lipinski definition) is 2. The Labute approximate surface area is 88.0 Å². The fourth-order valence-electron chi connectivity index (χ4n) is 1.04. The zero-order chi connectivity index (χ0) is 10.4. The van der Waals surface area contributed by atoms with Crippen LogP contribution in [0.2, 0.25) is 0 Å². The van der Waals surface area contributed by atoms with Gasteiger partial charge in [-0.25, -0.2) is 4.39 Å². The van der Waals surface area contributed by atoms with Crippen LogP contribution in [0.3, 0.4) is 0 Å². The van der Waals surface area contributed by atoms with Gasteiger partial charge in [0.1, 0.15) is 5.82 Å². The van der Waals surface area contributed by atoms with E-state index in [9.17, 15) is 4.39 Å². The summed E-state index contributed by atoms with van der Waals surface area (Å²) in [6, 6.07) is 7.02. The molecule has 1 unspecified atom stereocenters. The Balaban J connectivity index is 2.49. The molecule has 1 aromatic rings. The summed E-state index contributed by atoms with van der Waals surface area (Å²) in [5.41, 5.74) is 2.70. The lowest BCUT2D eigenvalue weighted by Gasteiger charge is -2.12. The van der Waals surface area contributed by atoms with Gasteiger partial charge in [0.15, 0.2) is 0 Å². The largest absolute Gasteiger partial charge is 0.271 e. The first kappa shape index (κ1) is 11.5. The highest BCUT2D eigenvalue weighted by molar-refractivity contribution is 7.99. The molecule has 1 atom stereocenters. The molecule has 0 saturated carbocycles. The molecule has 0 saturated heterocycles. The van der Waals surface area contributed by atoms with E-state index in [1.807, 2.05) is 13.0 Å². The van der Waals surface area contributed by atoms with Crippen LogP contribution in [0.15, 0.2) is 29.2 Å². The number of nitrogens with two attached hydrogens (primary N) is 1. The van der Waals surface area contributed by atoms with E-state index < -0.39 is 0 Å². The van der Waals surface area contributed by atoms with E-state index >= 15 is 0 Å². The van der Waals surface area contributed by atoms with Gasteiger partial charge >= 0.3 is 0 Å². The highest BCUT2D eigenvalue weighted by Gasteiger charge is 2.06. The SMILES string of the molecule is CCC(CSc1ccccc1F)NN. The highest BCUT2D eigenvalue weighted by Crippen LogP contribution is 2.22. The van der Waals surface area contributed by atoms with Gasteiger partial charge in [-0.2, -0.15) is 0 Å². The van der Waals surface area contributed by atoms with Crippen molar-refractivity contribution in [2.75, 3.05) is 5.75 Å². The van der Waals surface area contributed by atoms with Gasteiger partial charge in [0.25, 0.3) is 0 Å². The van der Waals surface area contributed by atoms with E-state index in [-0.39, 0.29) is 11.9 Å². The fourth-order valence-corrected chi connectivity index (χ4v) is 2.13. The maximum Gasteiger partial charge on any atom is 0.136 e. The third-order valence-electron chi connectivity index (χ3n) is 2.01. The van der Waals surface area contributed by atoms with E-state index in [2.05, 4.69) is 5.43 Å². The molecule has 1 rings (SSSR count). The van der Waals surface area contributed by atoms with Crippen LogP contribution in [0.25, 0.3) is 0 Å². The first-order valence-electron chi connectivity index (χ1n) is 4.61. The van der Waals surface area contributed by atoms with Gasteiger partial charge in [0, 0.05) is 16.7 Å². The van der Waals surface area contributed by atoms with Crippen molar-refractivity contribution in [2.24, 2.45) is 5.84 Å². The maximum absolute atomic E-state index is 13.2. The van der Waals surface area contributed by atoms with E-state index in [1.165, 1.54) is 17.8 Å². The Morgan fingerprint density at radius 2 is 2.21 bits per heavy atom. The fraction of sp³-hybridized carbons (Fsp3) is 0.400. The van der Waals surface area contributed by atoms with Gasteiger partial charge in [-0.05, 0) is 18.6 Å². The van der Waals surface area contributed by atoms with Gasteiger partial charge < -0.3 is 0 Å². The van der Waals surface area contributed by atoms with Crippen LogP contribution in [0, 0.1) is 5.82 Å². The minimum atomic E-state index is -0.163. The van der Waals surface area contributed by atoms with Crippen molar-refractivity contribution < 1.29 is 4.39 Å². The second-order valence-electron chi connectivity index (χ2n) is 3.01. The van der Waals surface area contributed by atoms with Crippen LogP contribution in [0.1, 0.15) is 13.3 Å². The highest BCUT2D eigenvalue weighted by atomic mass is 32.2. The molecule has 3 N–H and O–H groups in total. The molecule has 4 heteroatoms. The second kappa shape index (κ2) is 6.01. The molecular weight excluding hydrogens is 199 g/mol. The van der Waals surface area contributed by atoms with Crippen molar-refractivity contribution >= 4 is 11.8 Å². The molecule has 0 amide bonds. The number of hydrogen-bond acceptors (Lipinski definition) is 3. The van der Waals surface area contributed by atoms with E-state index in [0.717, 1.165) is 12.2 Å². The van der Waals surface area contributed by atoms with E-state index in [1.54, 1.807) is 12.1 Å². The van der Waals surface area contributed by atoms with Crippen LogP contribution in [0.4, 0.5) is 4.39 Å². The number of thioether (sulfide) groups is 1. The Kier molecular flexibility index (Phi) is 4.93. The Morgan fingerprint density at radius 1 is 1.50 bits per heavy atom. The van der Waals surface area contributed by atoms with Gasteiger partial charge in [0.05, 0.1) is 0 Å². The molecule has 0 spiro atoms. The predicted octanol–water partition coefficient (Wildman–Crippen LogP) is 2.16. The van der Waals surface area contributed by atoms with Crippen molar-refractivity contribution in [3.63, 3.8) is 0 Å². The first-order valence-corrected chi connectivity index (χ1v) is 5.60. The molecule has 1 aromatic carbocycles. The topological polar surface area (TPSA) is 38.0 Å². The molecule has 2 nitrogen and oxygen atoms in total. The van der Waals surface area contributed by atoms with E-state index in [0.29, 0.717) is 4.90 Å². The summed E-state index contributed by atoms with van der Waals surface area (Å²) in [6.07, 6.45) is 0.942. The van der Waals surface area contributed by atoms with E-state index in [4.69, 9.17) is 5.84 Å². The van der Waals surface area contributed by atoms with Crippen molar-refractivity contribution in [2.45, 2.75) is 24.3 Å². The number of rotatable bonds is 5. The number of benzene rings is 1. The van der Waals surface area contributed by atoms with Crippen LogP contribution < -0.4 is 11.3 Å². The maximum atomic E-state index is 13.2. The molecule has 0 radical (unpaired) electrons. The normalized spacial score (nSPS) is 12.8. The minimum absolute atomic E-state index is 0.163. The smallest absolute Gasteiger partial charge is 0.136 e. The standard InChI is InChI=1S/C10H15FN2S/c1-2-8(13-12)7-14-10-6-4-3-5-9(10)11/h3-6,8,13H,2,7,12H2,1H3. The van der Waals surface area contributed by atoms with Crippen molar-refractivity contribution in [3.05, 3.63) is 30.1 Å². The summed E-state index contributed by atoms with van der Waals surface area (Å²) in [5, 5.41) is 0. The molecule has 14 heavy (non-hydrogen) atoms. The zero-order valence-electron chi connectivity index (χ0n) is 8.16. The van der Waals surface area contributed by atoms with Gasteiger partial charge in [-0.3, -0.25) is 11.3 Å². The molecule has 0 fully saturated rings. The Hall–Kier alpha value is -0.580. The first-order chi connectivity index (χ1) is 6.77. The third-order valence-corrected chi connectivity index (χ3v) is 3.22. The summed E-state index contributed by atoms with van der Waals surface area (Å²) in [7, 11) is 0. The van der Waals surface area contributed by atoms with Crippen LogP contribution in [-0.2, 0) is 0 Å². The molecule has 0 aliphatic carbocycles. The van der Waals surface area contributed by atoms with Gasteiger partial charge in [-0.1, -0.05) is 19.1 Å². The average molecular weight is 214 g/mol. The molecule has 0 heterocycles. The third kappa shape index (κ3) is 3.29. The average Bonchev–Trinajstić information content (AvgIpc) is 2.22. The summed E-state index contributed by atoms with van der Waals surface area (Å²) in [5.74, 6) is 5.95. The predicted molar refractivity (Wildman–Crippen MR) is 58.5 cm³/mol. The molecule has 78 valence electrons. The summed E-state index contributed by atoms with van der Waals surface area (Å²) < 4.78 is 13.2. The molecule has 0 aromatic heterocycles. The van der Waals surface area contributed by atoms with Gasteiger partial charge in [-0.15, -0.1) is 11.8 Å². The van der Waals surface area contributed by atoms with Crippen LogP contribution in [-0.4, -0.2) is 11.8 Å². The van der Waals surface area contributed by atoms with Crippen molar-refractivity contribution in [3.8, 4) is 0 Å². The van der Waals surface area contributed by atoms with Crippen LogP contribution in [0.5, 0.6) is 0 Å². The van der Waals surface area contributed by atoms with Crippen molar-refractivity contribution in [1.82, 2.24) is 5.43 Å². The zero-order valence-corrected chi connectivity index (χ0v) is 8.98. The van der Waals surface area contributed by atoms with Gasteiger partial charge in [0.2, 0.25) is 0 Å². The summed E-state index contributed by atoms with van der Waals surface area (Å²) in [6.45, 7) is 2.05. The minimum Gasteiger partial charge on any atom is -0.271 e. The van der Waals surface area contributed by atoms with Crippen LogP contribution >= 0.6 is 11.8 Å². The summed E-state index contributed by atoms with van der Waals surface area (Å²) in [4.78, 5) is 0.682. The lowest BCUT2D eigenvalue weighted by atomic mass is 10.3. The second-order valence-corrected chi connectivity index (χ2v) is 4.08. The summed E-state index contributed by atoms with van der Waals surface area (Å²) >= 11 is 1.49. The molecular formula is C10H15FN2S. The number of nitrogens with one attached hydrogen (secondary N) is 1. The Morgan fingerprint density at radius 3 is 2.79 bits per heavy atom. The molecule has 0 aliphatic heterocycles. The quantitative estimate of drug-likeness (QED) is 0.448. The number of halogens is 1. The number of hydrazine groups is 1. The molecule has 0 bridgehead atoms. The lowest BCUT2D eigenvalue weighted by molar-refractivity contribution is 0.561. The lowest BCUT2D eigenvalue weighted by Crippen LogP contribution is -2.36. The van der Waals surface area contributed by atoms with Crippen molar-refractivity contribution in [1.29, 1.82) is 0 Å². The molecule has 0 aliphatic rings. The Bertz CT molecular complexity index is 277. The monoisotopic (exact) mass is 214 g/mol.